The minimum atomic E-state index is -2.47. The number of carbonyl (C=O) groups excluding carboxylic acids is 1. The van der Waals surface area contributed by atoms with Crippen molar-refractivity contribution >= 4 is 5.97 Å². The van der Waals surface area contributed by atoms with E-state index in [0.717, 1.165) is 0 Å². The van der Waals surface area contributed by atoms with Crippen LogP contribution in [0, 0.1) is 11.8 Å². The molecule has 0 bridgehead atoms. The van der Waals surface area contributed by atoms with Gasteiger partial charge in [0.15, 0.2) is 0 Å². The van der Waals surface area contributed by atoms with E-state index < -0.39 is 11.6 Å². The molecule has 2 rings (SSSR count). The summed E-state index contributed by atoms with van der Waals surface area (Å²) >= 11 is 0. The zero-order chi connectivity index (χ0) is 15.1. The van der Waals surface area contributed by atoms with Crippen LogP contribution >= 0.6 is 0 Å². The summed E-state index contributed by atoms with van der Waals surface area (Å²) in [6.45, 7) is 1.73. The average molecular weight is 282 g/mol. The van der Waals surface area contributed by atoms with Crippen molar-refractivity contribution < 1.29 is 13.9 Å². The van der Waals surface area contributed by atoms with Crippen LogP contribution in [-0.4, -0.2) is 12.6 Å². The molecule has 1 unspecified atom stereocenters. The largest absolute Gasteiger partial charge is 0.463 e. The van der Waals surface area contributed by atoms with E-state index in [2.05, 4.69) is 11.8 Å². The zero-order valence-electron chi connectivity index (χ0n) is 11.7. The summed E-state index contributed by atoms with van der Waals surface area (Å²) in [6, 6.07) is 17.1. The van der Waals surface area contributed by atoms with E-state index in [1.165, 1.54) is 12.1 Å². The average Bonchev–Trinajstić information content (AvgIpc) is 2.54. The maximum atomic E-state index is 15.1. The van der Waals surface area contributed by atoms with E-state index in [4.69, 9.17) is 4.74 Å². The van der Waals surface area contributed by atoms with E-state index >= 15 is 4.39 Å². The molecule has 0 fully saturated rings. The third-order valence-corrected chi connectivity index (χ3v) is 2.88. The molecular weight excluding hydrogens is 267 g/mol. The predicted molar refractivity (Wildman–Crippen MR) is 79.2 cm³/mol. The number of benzene rings is 2. The van der Waals surface area contributed by atoms with Gasteiger partial charge in [-0.15, -0.1) is 0 Å². The number of ether oxygens (including phenoxy) is 1. The minimum Gasteiger partial charge on any atom is -0.463 e. The second-order valence-corrected chi connectivity index (χ2v) is 4.36. The van der Waals surface area contributed by atoms with Gasteiger partial charge in [0.25, 0.3) is 5.67 Å². The van der Waals surface area contributed by atoms with Gasteiger partial charge in [0.2, 0.25) is 0 Å². The van der Waals surface area contributed by atoms with Crippen LogP contribution in [0.4, 0.5) is 4.39 Å². The molecule has 0 radical (unpaired) electrons. The lowest BCUT2D eigenvalue weighted by Crippen LogP contribution is -2.31. The Kier molecular flexibility index (Phi) is 4.73. The molecule has 0 saturated heterocycles. The molecule has 0 N–H and O–H groups in total. The van der Waals surface area contributed by atoms with Gasteiger partial charge in [-0.3, -0.25) is 0 Å². The predicted octanol–water partition coefficient (Wildman–Crippen LogP) is 3.47. The highest BCUT2D eigenvalue weighted by atomic mass is 19.1. The Morgan fingerprint density at radius 3 is 2.24 bits per heavy atom. The Bertz CT molecular complexity index is 656. The fourth-order valence-electron chi connectivity index (χ4n) is 1.82. The van der Waals surface area contributed by atoms with Gasteiger partial charge in [0.05, 0.1) is 6.61 Å². The van der Waals surface area contributed by atoms with E-state index in [1.54, 1.807) is 49.4 Å². The van der Waals surface area contributed by atoms with Crippen LogP contribution < -0.4 is 0 Å². The van der Waals surface area contributed by atoms with E-state index in [9.17, 15) is 4.79 Å². The van der Waals surface area contributed by atoms with Crippen molar-refractivity contribution in [2.45, 2.75) is 12.6 Å². The van der Waals surface area contributed by atoms with Crippen LogP contribution in [0.1, 0.15) is 18.1 Å². The Morgan fingerprint density at radius 2 is 1.67 bits per heavy atom. The maximum absolute atomic E-state index is 15.1. The molecule has 21 heavy (non-hydrogen) atoms. The zero-order valence-corrected chi connectivity index (χ0v) is 11.7. The SMILES string of the molecule is CCOC(=O)C(F)(C#Cc1ccccc1)c1ccccc1. The van der Waals surface area contributed by atoms with Crippen LogP contribution in [0.2, 0.25) is 0 Å². The summed E-state index contributed by atoms with van der Waals surface area (Å²) in [7, 11) is 0. The topological polar surface area (TPSA) is 26.3 Å². The lowest BCUT2D eigenvalue weighted by atomic mass is 9.96. The second kappa shape index (κ2) is 6.71. The molecule has 3 heteroatoms. The van der Waals surface area contributed by atoms with Gasteiger partial charge in [0.1, 0.15) is 0 Å². The van der Waals surface area contributed by atoms with E-state index in [1.807, 2.05) is 6.07 Å². The molecule has 0 aliphatic heterocycles. The Morgan fingerprint density at radius 1 is 1.10 bits per heavy atom. The molecule has 0 aliphatic rings. The molecule has 2 aromatic rings. The smallest absolute Gasteiger partial charge is 0.361 e. The van der Waals surface area contributed by atoms with Crippen molar-refractivity contribution in [3.63, 3.8) is 0 Å². The number of halogens is 1. The molecular formula is C18H15FO2. The minimum absolute atomic E-state index is 0.102. The molecule has 0 spiro atoms. The van der Waals surface area contributed by atoms with Crippen molar-refractivity contribution in [1.29, 1.82) is 0 Å². The maximum Gasteiger partial charge on any atom is 0.361 e. The molecule has 0 saturated carbocycles. The van der Waals surface area contributed by atoms with Crippen LogP contribution in [0.3, 0.4) is 0 Å². The third kappa shape index (κ3) is 3.49. The fourth-order valence-corrected chi connectivity index (χ4v) is 1.82. The summed E-state index contributed by atoms with van der Waals surface area (Å²) in [5.74, 6) is 4.13. The Hall–Kier alpha value is -2.60. The van der Waals surface area contributed by atoms with Crippen molar-refractivity contribution in [3.05, 3.63) is 71.8 Å². The summed E-state index contributed by atoms with van der Waals surface area (Å²) < 4.78 is 20.0. The number of alkyl halides is 1. The monoisotopic (exact) mass is 282 g/mol. The number of hydrogen-bond donors (Lipinski definition) is 0. The number of esters is 1. The summed E-state index contributed by atoms with van der Waals surface area (Å²) in [5.41, 5.74) is -1.65. The van der Waals surface area contributed by atoms with Crippen LogP contribution in [0.25, 0.3) is 0 Å². The first kappa shape index (κ1) is 14.8. The van der Waals surface area contributed by atoms with Gasteiger partial charge >= 0.3 is 5.97 Å². The van der Waals surface area contributed by atoms with Gasteiger partial charge in [-0.1, -0.05) is 54.5 Å². The normalized spacial score (nSPS) is 12.7. The molecule has 0 amide bonds. The summed E-state index contributed by atoms with van der Waals surface area (Å²) in [6.07, 6.45) is 0. The molecule has 0 aliphatic carbocycles. The van der Waals surface area contributed by atoms with Crippen LogP contribution in [-0.2, 0) is 15.2 Å². The summed E-state index contributed by atoms with van der Waals surface area (Å²) in [4.78, 5) is 12.0. The first-order chi connectivity index (χ1) is 10.2. The van der Waals surface area contributed by atoms with Crippen molar-refractivity contribution in [1.82, 2.24) is 0 Å². The Labute approximate surface area is 123 Å². The number of rotatable bonds is 3. The fraction of sp³-hybridized carbons (Fsp3) is 0.167. The standard InChI is InChI=1S/C18H15FO2/c1-2-21-17(20)18(19,16-11-7-4-8-12-16)14-13-15-9-5-3-6-10-15/h3-12H,2H2,1H3. The first-order valence-electron chi connectivity index (χ1n) is 6.66. The highest BCUT2D eigenvalue weighted by Gasteiger charge is 2.40. The van der Waals surface area contributed by atoms with Crippen molar-refractivity contribution in [3.8, 4) is 11.8 Å². The van der Waals surface area contributed by atoms with Gasteiger partial charge in [-0.25, -0.2) is 9.18 Å². The second-order valence-electron chi connectivity index (χ2n) is 4.36. The highest BCUT2D eigenvalue weighted by Crippen LogP contribution is 2.27. The van der Waals surface area contributed by atoms with Crippen molar-refractivity contribution in [2.24, 2.45) is 0 Å². The Balaban J connectivity index is 2.43. The quantitative estimate of drug-likeness (QED) is 0.636. The lowest BCUT2D eigenvalue weighted by molar-refractivity contribution is -0.153. The van der Waals surface area contributed by atoms with E-state index in [-0.39, 0.29) is 12.2 Å². The van der Waals surface area contributed by atoms with Gasteiger partial charge in [0, 0.05) is 11.1 Å². The van der Waals surface area contributed by atoms with E-state index in [0.29, 0.717) is 5.56 Å². The number of carbonyl (C=O) groups is 1. The number of hydrogen-bond acceptors (Lipinski definition) is 2. The summed E-state index contributed by atoms with van der Waals surface area (Å²) in [5, 5.41) is 0. The lowest BCUT2D eigenvalue weighted by Gasteiger charge is -2.17. The van der Waals surface area contributed by atoms with Crippen LogP contribution in [0.15, 0.2) is 60.7 Å². The van der Waals surface area contributed by atoms with Gasteiger partial charge in [-0.2, -0.15) is 0 Å². The van der Waals surface area contributed by atoms with Crippen molar-refractivity contribution in [2.75, 3.05) is 6.61 Å². The van der Waals surface area contributed by atoms with Gasteiger partial charge < -0.3 is 4.74 Å². The van der Waals surface area contributed by atoms with Gasteiger partial charge in [-0.05, 0) is 25.0 Å². The molecule has 106 valence electrons. The highest BCUT2D eigenvalue weighted by molar-refractivity contribution is 5.85. The van der Waals surface area contributed by atoms with Crippen LogP contribution in [0.5, 0.6) is 0 Å². The molecule has 0 heterocycles. The third-order valence-electron chi connectivity index (χ3n) is 2.88. The molecule has 2 aromatic carbocycles. The molecule has 0 aromatic heterocycles. The molecule has 2 nitrogen and oxygen atoms in total. The molecule has 1 atom stereocenters. The first-order valence-corrected chi connectivity index (χ1v) is 6.66.